The summed E-state index contributed by atoms with van der Waals surface area (Å²) in [5, 5.41) is 0. The predicted octanol–water partition coefficient (Wildman–Crippen LogP) is 3.15. The summed E-state index contributed by atoms with van der Waals surface area (Å²) < 4.78 is 5.58. The Morgan fingerprint density at radius 1 is 1.00 bits per heavy atom. The lowest BCUT2D eigenvalue weighted by Gasteiger charge is -2.15. The smallest absolute Gasteiger partial charge is 0.309 e. The van der Waals surface area contributed by atoms with Gasteiger partial charge in [0.05, 0.1) is 5.92 Å². The molecule has 2 fully saturated rings. The Kier molecular flexibility index (Phi) is 3.32. The fourth-order valence-electron chi connectivity index (χ4n) is 2.94. The van der Waals surface area contributed by atoms with Gasteiger partial charge in [-0.15, -0.1) is 0 Å². The number of rotatable bonds is 2. The number of hydrogen-bond donors (Lipinski definition) is 0. The minimum absolute atomic E-state index is 0.0819. The molecule has 2 aliphatic rings. The highest BCUT2D eigenvalue weighted by atomic mass is 16.5. The number of carbonyl (C=O) groups excluding carboxylic acids is 1. The molecule has 2 rings (SSSR count). The average molecular weight is 210 g/mol. The summed E-state index contributed by atoms with van der Waals surface area (Å²) in [6.45, 7) is 4.47. The summed E-state index contributed by atoms with van der Waals surface area (Å²) in [7, 11) is 0. The van der Waals surface area contributed by atoms with Crippen molar-refractivity contribution in [2.45, 2.75) is 58.5 Å². The van der Waals surface area contributed by atoms with E-state index in [1.807, 2.05) is 0 Å². The third-order valence-electron chi connectivity index (χ3n) is 3.96. The van der Waals surface area contributed by atoms with Gasteiger partial charge in [-0.3, -0.25) is 4.79 Å². The molecule has 4 unspecified atom stereocenters. The molecule has 2 nitrogen and oxygen atoms in total. The summed E-state index contributed by atoms with van der Waals surface area (Å²) in [6, 6.07) is 0. The molecule has 0 amide bonds. The molecule has 2 aliphatic carbocycles. The third-order valence-corrected chi connectivity index (χ3v) is 3.96. The van der Waals surface area contributed by atoms with Gasteiger partial charge >= 0.3 is 5.97 Å². The molecule has 2 heteroatoms. The van der Waals surface area contributed by atoms with Crippen LogP contribution in [0.3, 0.4) is 0 Å². The molecule has 0 heterocycles. The van der Waals surface area contributed by atoms with Crippen molar-refractivity contribution < 1.29 is 9.53 Å². The molecule has 0 aromatic carbocycles. The molecular weight excluding hydrogens is 188 g/mol. The number of hydrogen-bond acceptors (Lipinski definition) is 2. The van der Waals surface area contributed by atoms with E-state index >= 15 is 0 Å². The van der Waals surface area contributed by atoms with Crippen LogP contribution in [0.5, 0.6) is 0 Å². The maximum absolute atomic E-state index is 11.8. The highest BCUT2D eigenvalue weighted by molar-refractivity contribution is 5.73. The van der Waals surface area contributed by atoms with E-state index in [1.165, 1.54) is 12.8 Å². The van der Waals surface area contributed by atoms with Crippen LogP contribution in [0.2, 0.25) is 0 Å². The molecule has 0 aromatic rings. The quantitative estimate of drug-likeness (QED) is 0.654. The molecule has 4 atom stereocenters. The van der Waals surface area contributed by atoms with Crippen LogP contribution in [0.1, 0.15) is 52.4 Å². The van der Waals surface area contributed by atoms with Crippen molar-refractivity contribution in [2.75, 3.05) is 0 Å². The molecular formula is C13H22O2. The highest BCUT2D eigenvalue weighted by Crippen LogP contribution is 2.33. The van der Waals surface area contributed by atoms with E-state index < -0.39 is 0 Å². The molecule has 0 saturated heterocycles. The maximum atomic E-state index is 11.8. The molecule has 86 valence electrons. The zero-order valence-electron chi connectivity index (χ0n) is 9.87. The van der Waals surface area contributed by atoms with Crippen LogP contribution in [0, 0.1) is 17.8 Å². The SMILES string of the molecule is CC1CCC(OC(=O)C2CCC(C)C2)C1. The highest BCUT2D eigenvalue weighted by Gasteiger charge is 2.32. The molecule has 2 saturated carbocycles. The maximum Gasteiger partial charge on any atom is 0.309 e. The fraction of sp³-hybridized carbons (Fsp3) is 0.923. The normalized spacial score (nSPS) is 40.7. The molecule has 0 bridgehead atoms. The topological polar surface area (TPSA) is 26.3 Å². The van der Waals surface area contributed by atoms with Crippen molar-refractivity contribution in [1.29, 1.82) is 0 Å². The molecule has 15 heavy (non-hydrogen) atoms. The molecule has 0 spiro atoms. The minimum atomic E-state index is 0.0819. The molecule has 0 aromatic heterocycles. The van der Waals surface area contributed by atoms with Gasteiger partial charge in [0.15, 0.2) is 0 Å². The fourth-order valence-corrected chi connectivity index (χ4v) is 2.94. The first kappa shape index (κ1) is 11.0. The lowest BCUT2D eigenvalue weighted by Crippen LogP contribution is -2.21. The number of ether oxygens (including phenoxy) is 1. The summed E-state index contributed by atoms with van der Waals surface area (Å²) in [6.07, 6.45) is 6.88. The van der Waals surface area contributed by atoms with Gasteiger partial charge in [-0.2, -0.15) is 0 Å². The van der Waals surface area contributed by atoms with Crippen molar-refractivity contribution in [3.8, 4) is 0 Å². The van der Waals surface area contributed by atoms with E-state index in [4.69, 9.17) is 4.74 Å². The van der Waals surface area contributed by atoms with Gasteiger partial charge in [0.25, 0.3) is 0 Å². The van der Waals surface area contributed by atoms with Crippen molar-refractivity contribution in [2.24, 2.45) is 17.8 Å². The Hall–Kier alpha value is -0.530. The Labute approximate surface area is 92.4 Å². The van der Waals surface area contributed by atoms with E-state index in [2.05, 4.69) is 13.8 Å². The summed E-state index contributed by atoms with van der Waals surface area (Å²) in [4.78, 5) is 11.8. The van der Waals surface area contributed by atoms with E-state index in [0.717, 1.165) is 31.6 Å². The lowest BCUT2D eigenvalue weighted by atomic mass is 10.1. The molecule has 0 N–H and O–H groups in total. The zero-order valence-corrected chi connectivity index (χ0v) is 9.87. The first-order valence-electron chi connectivity index (χ1n) is 6.35. The van der Waals surface area contributed by atoms with E-state index in [0.29, 0.717) is 5.92 Å². The third kappa shape index (κ3) is 2.73. The van der Waals surface area contributed by atoms with Crippen molar-refractivity contribution in [1.82, 2.24) is 0 Å². The predicted molar refractivity (Wildman–Crippen MR) is 59.4 cm³/mol. The Balaban J connectivity index is 1.77. The van der Waals surface area contributed by atoms with Crippen LogP contribution in [-0.4, -0.2) is 12.1 Å². The first-order valence-corrected chi connectivity index (χ1v) is 6.35. The Bertz CT molecular complexity index is 237. The zero-order chi connectivity index (χ0) is 10.8. The van der Waals surface area contributed by atoms with E-state index in [9.17, 15) is 4.79 Å². The van der Waals surface area contributed by atoms with Crippen LogP contribution < -0.4 is 0 Å². The van der Waals surface area contributed by atoms with Gasteiger partial charge in [-0.1, -0.05) is 13.8 Å². The first-order chi connectivity index (χ1) is 7.15. The lowest BCUT2D eigenvalue weighted by molar-refractivity contribution is -0.153. The molecule has 0 aliphatic heterocycles. The second-order valence-electron chi connectivity index (χ2n) is 5.59. The summed E-state index contributed by atoms with van der Waals surface area (Å²) in [5.41, 5.74) is 0. The van der Waals surface area contributed by atoms with Gasteiger partial charge in [-0.25, -0.2) is 0 Å². The van der Waals surface area contributed by atoms with Crippen LogP contribution >= 0.6 is 0 Å². The van der Waals surface area contributed by atoms with Crippen LogP contribution in [0.4, 0.5) is 0 Å². The summed E-state index contributed by atoms with van der Waals surface area (Å²) >= 11 is 0. The van der Waals surface area contributed by atoms with E-state index in [-0.39, 0.29) is 18.0 Å². The van der Waals surface area contributed by atoms with Gasteiger partial charge in [-0.05, 0) is 50.4 Å². The molecule has 0 radical (unpaired) electrons. The second kappa shape index (κ2) is 4.54. The van der Waals surface area contributed by atoms with Crippen LogP contribution in [0.15, 0.2) is 0 Å². The standard InChI is InChI=1S/C13H22O2/c1-9-3-5-11(7-9)13(14)15-12-6-4-10(2)8-12/h9-12H,3-8H2,1-2H3. The van der Waals surface area contributed by atoms with Gasteiger partial charge in [0.2, 0.25) is 0 Å². The van der Waals surface area contributed by atoms with Gasteiger partial charge < -0.3 is 4.74 Å². The largest absolute Gasteiger partial charge is 0.462 e. The van der Waals surface area contributed by atoms with Crippen molar-refractivity contribution in [3.63, 3.8) is 0 Å². The second-order valence-corrected chi connectivity index (χ2v) is 5.59. The Morgan fingerprint density at radius 3 is 2.20 bits per heavy atom. The van der Waals surface area contributed by atoms with Crippen LogP contribution in [-0.2, 0) is 9.53 Å². The van der Waals surface area contributed by atoms with Crippen molar-refractivity contribution >= 4 is 5.97 Å². The van der Waals surface area contributed by atoms with Crippen molar-refractivity contribution in [3.05, 3.63) is 0 Å². The monoisotopic (exact) mass is 210 g/mol. The van der Waals surface area contributed by atoms with Gasteiger partial charge in [0.1, 0.15) is 6.10 Å². The minimum Gasteiger partial charge on any atom is -0.462 e. The van der Waals surface area contributed by atoms with E-state index in [1.54, 1.807) is 0 Å². The van der Waals surface area contributed by atoms with Gasteiger partial charge in [0, 0.05) is 0 Å². The summed E-state index contributed by atoms with van der Waals surface area (Å²) in [5.74, 6) is 1.74. The average Bonchev–Trinajstić information content (AvgIpc) is 2.75. The number of esters is 1. The Morgan fingerprint density at radius 2 is 1.67 bits per heavy atom. The number of carbonyl (C=O) groups is 1. The van der Waals surface area contributed by atoms with Crippen LogP contribution in [0.25, 0.3) is 0 Å².